The van der Waals surface area contributed by atoms with Crippen LogP contribution in [0.2, 0.25) is 0 Å². The average molecular weight is 274 g/mol. The summed E-state index contributed by atoms with van der Waals surface area (Å²) < 4.78 is 5.22. The fourth-order valence-electron chi connectivity index (χ4n) is 1.75. The van der Waals surface area contributed by atoms with E-state index in [1.54, 1.807) is 6.92 Å². The third-order valence-electron chi connectivity index (χ3n) is 2.95. The molecular formula is C14H18N4O2. The normalized spacial score (nSPS) is 10.8. The van der Waals surface area contributed by atoms with Gasteiger partial charge >= 0.3 is 0 Å². The Kier molecular flexibility index (Phi) is 4.12. The van der Waals surface area contributed by atoms with Gasteiger partial charge in [-0.2, -0.15) is 0 Å². The number of aromatic nitrogens is 3. The van der Waals surface area contributed by atoms with E-state index in [4.69, 9.17) is 4.52 Å². The third kappa shape index (κ3) is 3.20. The van der Waals surface area contributed by atoms with Crippen molar-refractivity contribution in [1.82, 2.24) is 15.1 Å². The van der Waals surface area contributed by atoms with Gasteiger partial charge in [-0.3, -0.25) is 4.79 Å². The molecule has 0 bridgehead atoms. The van der Waals surface area contributed by atoms with Gasteiger partial charge in [0.05, 0.1) is 23.5 Å². The molecule has 20 heavy (non-hydrogen) atoms. The van der Waals surface area contributed by atoms with E-state index in [1.807, 2.05) is 6.07 Å². The fourth-order valence-corrected chi connectivity index (χ4v) is 1.75. The number of nitrogens with one attached hydrogen (secondary N) is 1. The molecule has 0 aliphatic carbocycles. The number of carbonyl (C=O) groups is 1. The highest BCUT2D eigenvalue weighted by molar-refractivity contribution is 5.94. The smallest absolute Gasteiger partial charge is 0.223 e. The summed E-state index contributed by atoms with van der Waals surface area (Å²) in [5.74, 6) is 1.49. The number of hydrogen-bond acceptors (Lipinski definition) is 6. The zero-order valence-electron chi connectivity index (χ0n) is 12.1. The number of aryl methyl sites for hydroxylation is 1. The number of nitrogens with zero attached hydrogens (tertiary/aromatic N) is 3. The molecule has 0 fully saturated rings. The van der Waals surface area contributed by atoms with Crippen molar-refractivity contribution < 1.29 is 9.32 Å². The van der Waals surface area contributed by atoms with E-state index in [9.17, 15) is 4.79 Å². The zero-order chi connectivity index (χ0) is 14.7. The molecule has 0 aliphatic heterocycles. The minimum Gasteiger partial charge on any atom is -0.359 e. The van der Waals surface area contributed by atoms with Gasteiger partial charge in [0.15, 0.2) is 11.5 Å². The highest BCUT2D eigenvalue weighted by atomic mass is 16.5. The summed E-state index contributed by atoms with van der Waals surface area (Å²) in [6.07, 6.45) is 1.53. The Morgan fingerprint density at radius 1 is 1.45 bits per heavy atom. The molecule has 0 spiro atoms. The third-order valence-corrected chi connectivity index (χ3v) is 2.95. The Hall–Kier alpha value is -2.24. The maximum Gasteiger partial charge on any atom is 0.223 e. The van der Waals surface area contributed by atoms with Crippen molar-refractivity contribution in [2.75, 3.05) is 5.32 Å². The van der Waals surface area contributed by atoms with Gasteiger partial charge in [-0.1, -0.05) is 19.0 Å². The zero-order valence-corrected chi connectivity index (χ0v) is 12.1. The Balaban J connectivity index is 2.03. The van der Waals surface area contributed by atoms with Gasteiger partial charge in [-0.25, -0.2) is 9.97 Å². The number of anilines is 1. The standard InChI is InChI=1S/C14H18N4O2/c1-8(2)13-5-11(20-18-13)6-15-14-16-7-12(10(4)19)9(3)17-14/h5,7-8H,6H2,1-4H3,(H,15,16,17). The van der Waals surface area contributed by atoms with E-state index in [0.717, 1.165) is 11.5 Å². The molecule has 0 aliphatic rings. The van der Waals surface area contributed by atoms with Crippen molar-refractivity contribution in [3.8, 4) is 0 Å². The largest absolute Gasteiger partial charge is 0.359 e. The second-order valence-electron chi connectivity index (χ2n) is 4.98. The van der Waals surface area contributed by atoms with Gasteiger partial charge in [-0.15, -0.1) is 0 Å². The quantitative estimate of drug-likeness (QED) is 0.844. The second kappa shape index (κ2) is 5.81. The van der Waals surface area contributed by atoms with Crippen LogP contribution in [0.3, 0.4) is 0 Å². The summed E-state index contributed by atoms with van der Waals surface area (Å²) in [7, 11) is 0. The first-order chi connectivity index (χ1) is 9.47. The maximum atomic E-state index is 11.3. The maximum absolute atomic E-state index is 11.3. The summed E-state index contributed by atoms with van der Waals surface area (Å²) in [4.78, 5) is 19.7. The molecule has 0 saturated heterocycles. The van der Waals surface area contributed by atoms with Crippen LogP contribution < -0.4 is 5.32 Å². The topological polar surface area (TPSA) is 80.9 Å². The van der Waals surface area contributed by atoms with Gasteiger partial charge in [0.1, 0.15) is 0 Å². The summed E-state index contributed by atoms with van der Waals surface area (Å²) in [5.41, 5.74) is 2.12. The van der Waals surface area contributed by atoms with Crippen LogP contribution in [-0.2, 0) is 6.54 Å². The fraction of sp³-hybridized carbons (Fsp3) is 0.429. The van der Waals surface area contributed by atoms with Crippen molar-refractivity contribution >= 4 is 11.7 Å². The first kappa shape index (κ1) is 14.2. The van der Waals surface area contributed by atoms with Crippen molar-refractivity contribution in [1.29, 1.82) is 0 Å². The van der Waals surface area contributed by atoms with Gasteiger partial charge in [-0.05, 0) is 19.8 Å². The first-order valence-corrected chi connectivity index (χ1v) is 6.51. The lowest BCUT2D eigenvalue weighted by atomic mass is 10.1. The van der Waals surface area contributed by atoms with Crippen LogP contribution in [0.15, 0.2) is 16.8 Å². The van der Waals surface area contributed by atoms with Gasteiger partial charge < -0.3 is 9.84 Å². The predicted molar refractivity (Wildman–Crippen MR) is 74.7 cm³/mol. The lowest BCUT2D eigenvalue weighted by Crippen LogP contribution is -2.07. The number of rotatable bonds is 5. The van der Waals surface area contributed by atoms with Crippen LogP contribution in [0, 0.1) is 6.92 Å². The first-order valence-electron chi connectivity index (χ1n) is 6.51. The number of carbonyl (C=O) groups excluding carboxylic acids is 1. The van der Waals surface area contributed by atoms with Crippen molar-refractivity contribution in [2.45, 2.75) is 40.2 Å². The summed E-state index contributed by atoms with van der Waals surface area (Å²) in [5, 5.41) is 7.04. The lowest BCUT2D eigenvalue weighted by Gasteiger charge is -2.05. The molecule has 2 aromatic heterocycles. The molecular weight excluding hydrogens is 256 g/mol. The molecule has 106 valence electrons. The Morgan fingerprint density at radius 2 is 2.20 bits per heavy atom. The van der Waals surface area contributed by atoms with Crippen molar-refractivity contribution in [3.05, 3.63) is 35.0 Å². The number of Topliss-reactive ketones (excluding diaryl/α,β-unsaturated/α-hetero) is 1. The SMILES string of the molecule is CC(=O)c1cnc(NCc2cc(C(C)C)no2)nc1C. The predicted octanol–water partition coefficient (Wildman–Crippen LogP) is 2.71. The molecule has 2 heterocycles. The van der Waals surface area contributed by atoms with Crippen LogP contribution in [0.4, 0.5) is 5.95 Å². The molecule has 6 heteroatoms. The molecule has 6 nitrogen and oxygen atoms in total. The molecule has 0 radical (unpaired) electrons. The summed E-state index contributed by atoms with van der Waals surface area (Å²) >= 11 is 0. The minimum absolute atomic E-state index is 0.0362. The van der Waals surface area contributed by atoms with E-state index in [1.165, 1.54) is 13.1 Å². The average Bonchev–Trinajstić information content (AvgIpc) is 2.85. The highest BCUT2D eigenvalue weighted by Crippen LogP contribution is 2.15. The molecule has 2 aromatic rings. The van der Waals surface area contributed by atoms with Gasteiger partial charge in [0.2, 0.25) is 5.95 Å². The van der Waals surface area contributed by atoms with Gasteiger partial charge in [0, 0.05) is 12.3 Å². The van der Waals surface area contributed by atoms with Crippen molar-refractivity contribution in [2.24, 2.45) is 0 Å². The van der Waals surface area contributed by atoms with Crippen LogP contribution in [0.1, 0.15) is 54.2 Å². The Labute approximate surface area is 117 Å². The molecule has 0 saturated carbocycles. The Morgan fingerprint density at radius 3 is 2.75 bits per heavy atom. The summed E-state index contributed by atoms with van der Waals surface area (Å²) in [6.45, 7) is 7.86. The van der Waals surface area contributed by atoms with E-state index in [0.29, 0.717) is 29.7 Å². The lowest BCUT2D eigenvalue weighted by molar-refractivity contribution is 0.101. The second-order valence-corrected chi connectivity index (χ2v) is 4.98. The van der Waals surface area contributed by atoms with Crippen LogP contribution in [0.25, 0.3) is 0 Å². The van der Waals surface area contributed by atoms with E-state index < -0.39 is 0 Å². The molecule has 2 rings (SSSR count). The molecule has 0 atom stereocenters. The van der Waals surface area contributed by atoms with E-state index >= 15 is 0 Å². The monoisotopic (exact) mass is 274 g/mol. The highest BCUT2D eigenvalue weighted by Gasteiger charge is 2.09. The van der Waals surface area contributed by atoms with Crippen molar-refractivity contribution in [3.63, 3.8) is 0 Å². The van der Waals surface area contributed by atoms with Crippen LogP contribution in [0.5, 0.6) is 0 Å². The summed E-state index contributed by atoms with van der Waals surface area (Å²) in [6, 6.07) is 1.91. The van der Waals surface area contributed by atoms with E-state index in [-0.39, 0.29) is 5.78 Å². The Bertz CT molecular complexity index is 619. The molecule has 0 amide bonds. The minimum atomic E-state index is -0.0362. The van der Waals surface area contributed by atoms with Crippen LogP contribution >= 0.6 is 0 Å². The van der Waals surface area contributed by atoms with Crippen LogP contribution in [-0.4, -0.2) is 20.9 Å². The number of hydrogen-bond donors (Lipinski definition) is 1. The number of ketones is 1. The molecule has 1 N–H and O–H groups in total. The molecule has 0 aromatic carbocycles. The van der Waals surface area contributed by atoms with E-state index in [2.05, 4.69) is 34.3 Å². The molecule has 0 unspecified atom stereocenters. The van der Waals surface area contributed by atoms with Gasteiger partial charge in [0.25, 0.3) is 0 Å².